The van der Waals surface area contributed by atoms with E-state index in [9.17, 15) is 5.11 Å². The highest BCUT2D eigenvalue weighted by Crippen LogP contribution is 2.32. The van der Waals surface area contributed by atoms with Gasteiger partial charge < -0.3 is 20.1 Å². The van der Waals surface area contributed by atoms with E-state index in [1.165, 1.54) is 32.1 Å². The van der Waals surface area contributed by atoms with Crippen LogP contribution in [0.3, 0.4) is 0 Å². The molecule has 0 saturated carbocycles. The maximum Gasteiger partial charge on any atom is 0.0791 e. The molecule has 3 saturated heterocycles. The number of aliphatic hydroxyl groups is 1. The molecule has 3 fully saturated rings. The third kappa shape index (κ3) is 4.17. The smallest absolute Gasteiger partial charge is 0.0791 e. The van der Waals surface area contributed by atoms with Gasteiger partial charge in [0.15, 0.2) is 0 Å². The summed E-state index contributed by atoms with van der Waals surface area (Å²) in [4.78, 5) is 4.89. The van der Waals surface area contributed by atoms with Crippen LogP contribution in [-0.2, 0) is 4.74 Å². The van der Waals surface area contributed by atoms with Crippen LogP contribution in [0.2, 0.25) is 0 Å². The van der Waals surface area contributed by atoms with Gasteiger partial charge in [-0.25, -0.2) is 0 Å². The summed E-state index contributed by atoms with van der Waals surface area (Å²) in [5.41, 5.74) is 0. The molecule has 3 unspecified atom stereocenters. The zero-order chi connectivity index (χ0) is 14.7. The first-order valence-electron chi connectivity index (χ1n) is 8.66. The Hall–Kier alpha value is -0.200. The second-order valence-corrected chi connectivity index (χ2v) is 7.05. The van der Waals surface area contributed by atoms with E-state index < -0.39 is 0 Å². The Balaban J connectivity index is 1.38. The lowest BCUT2D eigenvalue weighted by Crippen LogP contribution is -2.55. The Kier molecular flexibility index (Phi) is 5.51. The molecular weight excluding hydrogens is 266 g/mol. The number of aliphatic hydroxyl groups excluding tert-OH is 1. The van der Waals surface area contributed by atoms with Crippen molar-refractivity contribution in [3.63, 3.8) is 0 Å². The molecular formula is C16H31N3O2. The van der Waals surface area contributed by atoms with Crippen molar-refractivity contribution in [3.05, 3.63) is 0 Å². The summed E-state index contributed by atoms with van der Waals surface area (Å²) in [6.07, 6.45) is 6.33. The maximum atomic E-state index is 10.2. The molecule has 3 aliphatic rings. The first-order valence-corrected chi connectivity index (χ1v) is 8.66. The molecule has 5 heteroatoms. The summed E-state index contributed by atoms with van der Waals surface area (Å²) in [5, 5.41) is 13.9. The van der Waals surface area contributed by atoms with Crippen LogP contribution in [0, 0.1) is 0 Å². The van der Waals surface area contributed by atoms with Gasteiger partial charge in [0.05, 0.1) is 19.3 Å². The van der Waals surface area contributed by atoms with Crippen molar-refractivity contribution in [2.24, 2.45) is 0 Å². The number of nitrogens with zero attached hydrogens (tertiary/aromatic N) is 2. The van der Waals surface area contributed by atoms with Crippen LogP contribution in [0.4, 0.5) is 0 Å². The topological polar surface area (TPSA) is 48.0 Å². The third-order valence-corrected chi connectivity index (χ3v) is 5.55. The van der Waals surface area contributed by atoms with Crippen molar-refractivity contribution in [2.45, 2.75) is 56.3 Å². The fraction of sp³-hybridized carbons (Fsp3) is 1.00. The number of hydrogen-bond acceptors (Lipinski definition) is 5. The predicted octanol–water partition coefficient (Wildman–Crippen LogP) is 0.284. The van der Waals surface area contributed by atoms with Crippen LogP contribution in [0.25, 0.3) is 0 Å². The van der Waals surface area contributed by atoms with Gasteiger partial charge in [0.2, 0.25) is 0 Å². The molecule has 21 heavy (non-hydrogen) atoms. The van der Waals surface area contributed by atoms with Gasteiger partial charge in [-0.1, -0.05) is 6.42 Å². The number of piperidine rings is 2. The molecule has 0 amide bonds. The monoisotopic (exact) mass is 297 g/mol. The molecule has 0 aromatic carbocycles. The minimum atomic E-state index is -0.261. The van der Waals surface area contributed by atoms with Crippen LogP contribution < -0.4 is 5.32 Å². The standard InChI is InChI=1S/C16H31N3O2/c1-18-14-3-2-4-15(18)10-13(9-14)17-11-16(20)12-19-5-7-21-8-6-19/h13-17,20H,2-12H2,1H3. The number of morpholine rings is 1. The molecule has 3 atom stereocenters. The molecule has 0 spiro atoms. The van der Waals surface area contributed by atoms with Crippen molar-refractivity contribution in [3.8, 4) is 0 Å². The molecule has 0 aliphatic carbocycles. The van der Waals surface area contributed by atoms with Crippen molar-refractivity contribution in [1.82, 2.24) is 15.1 Å². The molecule has 2 bridgehead atoms. The largest absolute Gasteiger partial charge is 0.390 e. The quantitative estimate of drug-likeness (QED) is 0.763. The minimum Gasteiger partial charge on any atom is -0.390 e. The van der Waals surface area contributed by atoms with Crippen LogP contribution in [0.1, 0.15) is 32.1 Å². The van der Waals surface area contributed by atoms with Crippen molar-refractivity contribution >= 4 is 0 Å². The SMILES string of the molecule is CN1C2CCCC1CC(NCC(O)CN1CCOCC1)C2. The lowest BCUT2D eigenvalue weighted by Gasteiger charge is -2.47. The van der Waals surface area contributed by atoms with Gasteiger partial charge in [0.25, 0.3) is 0 Å². The summed E-state index contributed by atoms with van der Waals surface area (Å²) in [6, 6.07) is 2.11. The van der Waals surface area contributed by atoms with Crippen molar-refractivity contribution < 1.29 is 9.84 Å². The Morgan fingerprint density at radius 3 is 2.52 bits per heavy atom. The normalized spacial score (nSPS) is 36.6. The maximum absolute atomic E-state index is 10.2. The Bertz CT molecular complexity index is 309. The summed E-state index contributed by atoms with van der Waals surface area (Å²) >= 11 is 0. The number of ether oxygens (including phenoxy) is 1. The second-order valence-electron chi connectivity index (χ2n) is 7.05. The van der Waals surface area contributed by atoms with Crippen LogP contribution in [-0.4, -0.2) is 85.6 Å². The highest BCUT2D eigenvalue weighted by atomic mass is 16.5. The molecule has 0 aromatic heterocycles. The summed E-state index contributed by atoms with van der Waals surface area (Å²) in [7, 11) is 2.29. The summed E-state index contributed by atoms with van der Waals surface area (Å²) in [5.74, 6) is 0. The average Bonchev–Trinajstić information content (AvgIpc) is 2.46. The van der Waals surface area contributed by atoms with Gasteiger partial charge in [0.1, 0.15) is 0 Å². The average molecular weight is 297 g/mol. The number of rotatable bonds is 5. The van der Waals surface area contributed by atoms with E-state index in [4.69, 9.17) is 4.74 Å². The fourth-order valence-corrected chi connectivity index (χ4v) is 4.23. The van der Waals surface area contributed by atoms with E-state index in [0.717, 1.165) is 51.5 Å². The van der Waals surface area contributed by atoms with E-state index in [1.54, 1.807) is 0 Å². The number of β-amino-alcohol motifs (C(OH)–C–C–N with tert-alkyl or cyclic N) is 1. The molecule has 0 radical (unpaired) electrons. The van der Waals surface area contributed by atoms with Gasteiger partial charge in [-0.05, 0) is 32.7 Å². The zero-order valence-electron chi connectivity index (χ0n) is 13.3. The highest BCUT2D eigenvalue weighted by molar-refractivity contribution is 4.93. The zero-order valence-corrected chi connectivity index (χ0v) is 13.3. The van der Waals surface area contributed by atoms with Crippen LogP contribution in [0.5, 0.6) is 0 Å². The Morgan fingerprint density at radius 1 is 1.19 bits per heavy atom. The second kappa shape index (κ2) is 7.38. The first kappa shape index (κ1) is 15.7. The minimum absolute atomic E-state index is 0.261. The van der Waals surface area contributed by atoms with E-state index in [1.807, 2.05) is 0 Å². The van der Waals surface area contributed by atoms with E-state index >= 15 is 0 Å². The van der Waals surface area contributed by atoms with Gasteiger partial charge >= 0.3 is 0 Å². The molecule has 5 nitrogen and oxygen atoms in total. The molecule has 2 N–H and O–H groups in total. The number of nitrogens with one attached hydrogen (secondary N) is 1. The van der Waals surface area contributed by atoms with Gasteiger partial charge in [0, 0.05) is 44.3 Å². The molecule has 0 aromatic rings. The Morgan fingerprint density at radius 2 is 1.86 bits per heavy atom. The molecule has 3 rings (SSSR count). The lowest BCUT2D eigenvalue weighted by atomic mass is 9.82. The summed E-state index contributed by atoms with van der Waals surface area (Å²) < 4.78 is 5.35. The molecule has 3 heterocycles. The van der Waals surface area contributed by atoms with Gasteiger partial charge in [-0.15, -0.1) is 0 Å². The van der Waals surface area contributed by atoms with Crippen LogP contribution >= 0.6 is 0 Å². The summed E-state index contributed by atoms with van der Waals surface area (Å²) in [6.45, 7) is 5.02. The van der Waals surface area contributed by atoms with Gasteiger partial charge in [-0.2, -0.15) is 0 Å². The first-order chi connectivity index (χ1) is 10.2. The van der Waals surface area contributed by atoms with Gasteiger partial charge in [-0.3, -0.25) is 4.90 Å². The molecule has 3 aliphatic heterocycles. The van der Waals surface area contributed by atoms with E-state index in [-0.39, 0.29) is 6.10 Å². The Labute approximate surface area is 128 Å². The van der Waals surface area contributed by atoms with Crippen molar-refractivity contribution in [2.75, 3.05) is 46.4 Å². The molecule has 122 valence electrons. The van der Waals surface area contributed by atoms with Crippen molar-refractivity contribution in [1.29, 1.82) is 0 Å². The number of fused-ring (bicyclic) bond motifs is 2. The lowest BCUT2D eigenvalue weighted by molar-refractivity contribution is 0.0113. The van der Waals surface area contributed by atoms with E-state index in [0.29, 0.717) is 6.04 Å². The predicted molar refractivity (Wildman–Crippen MR) is 83.5 cm³/mol. The van der Waals surface area contributed by atoms with E-state index in [2.05, 4.69) is 22.2 Å². The fourth-order valence-electron chi connectivity index (χ4n) is 4.23. The highest BCUT2D eigenvalue weighted by Gasteiger charge is 2.35. The van der Waals surface area contributed by atoms with Crippen LogP contribution in [0.15, 0.2) is 0 Å². The third-order valence-electron chi connectivity index (χ3n) is 5.55. The number of hydrogen-bond donors (Lipinski definition) is 2.